The monoisotopic (exact) mass is 458 g/mol. The third-order valence-electron chi connectivity index (χ3n) is 4.38. The number of pyridine rings is 1. The molecule has 0 aliphatic carbocycles. The van der Waals surface area contributed by atoms with Crippen molar-refractivity contribution in [2.75, 3.05) is 26.9 Å². The van der Waals surface area contributed by atoms with E-state index in [1.807, 2.05) is 6.92 Å². The summed E-state index contributed by atoms with van der Waals surface area (Å²) in [7, 11) is -2.10. The van der Waals surface area contributed by atoms with Crippen molar-refractivity contribution < 1.29 is 27.4 Å². The van der Waals surface area contributed by atoms with Crippen LogP contribution >= 0.6 is 0 Å². The van der Waals surface area contributed by atoms with Gasteiger partial charge in [-0.1, -0.05) is 0 Å². The zero-order chi connectivity index (χ0) is 22.8. The number of methoxy groups -OCH3 is 1. The summed E-state index contributed by atoms with van der Waals surface area (Å²) in [5.74, 6) is 2.26. The van der Waals surface area contributed by atoms with E-state index in [2.05, 4.69) is 9.71 Å². The van der Waals surface area contributed by atoms with Crippen molar-refractivity contribution in [3.05, 3.63) is 72.4 Å². The Morgan fingerprint density at radius 1 is 0.906 bits per heavy atom. The van der Waals surface area contributed by atoms with E-state index in [9.17, 15) is 8.42 Å². The van der Waals surface area contributed by atoms with Crippen LogP contribution in [0.5, 0.6) is 23.1 Å². The van der Waals surface area contributed by atoms with Crippen LogP contribution in [0.25, 0.3) is 0 Å². The van der Waals surface area contributed by atoms with Crippen molar-refractivity contribution in [1.82, 2.24) is 9.71 Å². The molecule has 0 spiro atoms. The van der Waals surface area contributed by atoms with Gasteiger partial charge in [0.1, 0.15) is 23.9 Å². The van der Waals surface area contributed by atoms with Crippen LogP contribution in [0.1, 0.15) is 12.5 Å². The van der Waals surface area contributed by atoms with Crippen LogP contribution in [0.3, 0.4) is 0 Å². The van der Waals surface area contributed by atoms with Gasteiger partial charge in [0.25, 0.3) is 0 Å². The van der Waals surface area contributed by atoms with Crippen LogP contribution in [-0.4, -0.2) is 40.3 Å². The standard InChI is InChI=1S/C23H26N2O6S/c1-3-29-14-15-30-20-8-10-22(11-9-20)32(26,27)25-17-18-12-13-24-23(16-18)31-21-6-4-19(28-2)5-7-21/h4-13,16,25H,3,14-15,17H2,1-2H3. The normalized spacial score (nSPS) is 11.2. The lowest BCUT2D eigenvalue weighted by Crippen LogP contribution is -2.23. The zero-order valence-electron chi connectivity index (χ0n) is 18.0. The quantitative estimate of drug-likeness (QED) is 0.413. The Hall–Kier alpha value is -3.14. The summed E-state index contributed by atoms with van der Waals surface area (Å²) in [6.45, 7) is 3.51. The highest BCUT2D eigenvalue weighted by Crippen LogP contribution is 2.23. The van der Waals surface area contributed by atoms with Gasteiger partial charge in [0.15, 0.2) is 0 Å². The van der Waals surface area contributed by atoms with Crippen molar-refractivity contribution in [3.63, 3.8) is 0 Å². The summed E-state index contributed by atoms with van der Waals surface area (Å²) in [6.07, 6.45) is 1.57. The number of sulfonamides is 1. The topological polar surface area (TPSA) is 96.0 Å². The molecule has 0 fully saturated rings. The van der Waals surface area contributed by atoms with E-state index in [0.29, 0.717) is 42.8 Å². The minimum atomic E-state index is -3.69. The number of benzene rings is 2. The molecule has 0 amide bonds. The first-order valence-electron chi connectivity index (χ1n) is 10.1. The molecule has 32 heavy (non-hydrogen) atoms. The van der Waals surface area contributed by atoms with E-state index in [4.69, 9.17) is 18.9 Å². The Bertz CT molecular complexity index is 1090. The fourth-order valence-corrected chi connectivity index (χ4v) is 3.74. The fraction of sp³-hybridized carbons (Fsp3) is 0.261. The predicted octanol–water partition coefficient (Wildman–Crippen LogP) is 3.78. The molecule has 1 aromatic heterocycles. The van der Waals surface area contributed by atoms with Gasteiger partial charge in [-0.15, -0.1) is 0 Å². The summed E-state index contributed by atoms with van der Waals surface area (Å²) in [5, 5.41) is 0. The molecule has 0 aliphatic rings. The van der Waals surface area contributed by atoms with E-state index >= 15 is 0 Å². The third-order valence-corrected chi connectivity index (χ3v) is 5.80. The van der Waals surface area contributed by atoms with Gasteiger partial charge in [0, 0.05) is 25.4 Å². The molecule has 0 saturated heterocycles. The number of rotatable bonds is 12. The number of hydrogen-bond acceptors (Lipinski definition) is 7. The Morgan fingerprint density at radius 2 is 1.59 bits per heavy atom. The lowest BCUT2D eigenvalue weighted by atomic mass is 10.3. The minimum absolute atomic E-state index is 0.0937. The van der Waals surface area contributed by atoms with Crippen LogP contribution < -0.4 is 18.9 Å². The van der Waals surface area contributed by atoms with Crippen molar-refractivity contribution in [1.29, 1.82) is 0 Å². The lowest BCUT2D eigenvalue weighted by molar-refractivity contribution is 0.110. The van der Waals surface area contributed by atoms with Crippen LogP contribution in [0.15, 0.2) is 71.8 Å². The van der Waals surface area contributed by atoms with Gasteiger partial charge in [-0.05, 0) is 67.1 Å². The molecule has 170 valence electrons. The zero-order valence-corrected chi connectivity index (χ0v) is 18.8. The number of nitrogens with one attached hydrogen (secondary N) is 1. The molecule has 2 aromatic carbocycles. The molecule has 3 rings (SSSR count). The van der Waals surface area contributed by atoms with Crippen LogP contribution in [-0.2, 0) is 21.3 Å². The molecule has 1 heterocycles. The highest BCUT2D eigenvalue weighted by Gasteiger charge is 2.14. The highest BCUT2D eigenvalue weighted by atomic mass is 32.2. The summed E-state index contributed by atoms with van der Waals surface area (Å²) < 4.78 is 49.4. The summed E-state index contributed by atoms with van der Waals surface area (Å²) in [4.78, 5) is 4.32. The minimum Gasteiger partial charge on any atom is -0.497 e. The molecule has 0 aliphatic heterocycles. The Kier molecular flexibility index (Phi) is 8.43. The van der Waals surface area contributed by atoms with Crippen LogP contribution in [0, 0.1) is 0 Å². The average molecular weight is 459 g/mol. The lowest BCUT2D eigenvalue weighted by Gasteiger charge is -2.10. The average Bonchev–Trinajstić information content (AvgIpc) is 2.82. The van der Waals surface area contributed by atoms with Gasteiger partial charge < -0.3 is 18.9 Å². The van der Waals surface area contributed by atoms with Crippen molar-refractivity contribution in [3.8, 4) is 23.1 Å². The van der Waals surface area contributed by atoms with Crippen LogP contribution in [0.2, 0.25) is 0 Å². The van der Waals surface area contributed by atoms with Gasteiger partial charge in [-0.25, -0.2) is 18.1 Å². The smallest absolute Gasteiger partial charge is 0.240 e. The van der Waals surface area contributed by atoms with E-state index < -0.39 is 10.0 Å². The van der Waals surface area contributed by atoms with E-state index in [0.717, 1.165) is 5.75 Å². The Balaban J connectivity index is 1.57. The molecule has 0 bridgehead atoms. The summed E-state index contributed by atoms with van der Waals surface area (Å²) >= 11 is 0. The summed E-state index contributed by atoms with van der Waals surface area (Å²) in [5.41, 5.74) is 0.711. The molecule has 1 N–H and O–H groups in total. The maximum Gasteiger partial charge on any atom is 0.240 e. The third kappa shape index (κ3) is 6.94. The highest BCUT2D eigenvalue weighted by molar-refractivity contribution is 7.89. The molecular formula is C23H26N2O6S. The van der Waals surface area contributed by atoms with E-state index in [-0.39, 0.29) is 11.4 Å². The molecule has 3 aromatic rings. The maximum atomic E-state index is 12.6. The van der Waals surface area contributed by atoms with Gasteiger partial charge >= 0.3 is 0 Å². The second-order valence-corrected chi connectivity index (χ2v) is 8.39. The SMILES string of the molecule is CCOCCOc1ccc(S(=O)(=O)NCc2ccnc(Oc3ccc(OC)cc3)c2)cc1. The molecule has 9 heteroatoms. The number of nitrogens with zero attached hydrogens (tertiary/aromatic N) is 1. The second kappa shape index (κ2) is 11.5. The first-order valence-corrected chi connectivity index (χ1v) is 11.6. The maximum absolute atomic E-state index is 12.6. The number of hydrogen-bond donors (Lipinski definition) is 1. The van der Waals surface area contributed by atoms with Crippen molar-refractivity contribution in [2.24, 2.45) is 0 Å². The molecular weight excluding hydrogens is 432 g/mol. The molecule has 0 radical (unpaired) electrons. The molecule has 0 saturated carbocycles. The first-order chi connectivity index (χ1) is 15.5. The second-order valence-electron chi connectivity index (χ2n) is 6.62. The number of aromatic nitrogens is 1. The van der Waals surface area contributed by atoms with Gasteiger partial charge in [-0.3, -0.25) is 0 Å². The molecule has 0 unspecified atom stereocenters. The van der Waals surface area contributed by atoms with E-state index in [1.165, 1.54) is 12.1 Å². The Labute approximate surface area is 188 Å². The predicted molar refractivity (Wildman–Crippen MR) is 120 cm³/mol. The van der Waals surface area contributed by atoms with Gasteiger partial charge in [0.05, 0.1) is 18.6 Å². The number of ether oxygens (including phenoxy) is 4. The van der Waals surface area contributed by atoms with Crippen molar-refractivity contribution >= 4 is 10.0 Å². The van der Waals surface area contributed by atoms with Crippen molar-refractivity contribution in [2.45, 2.75) is 18.4 Å². The molecule has 8 nitrogen and oxygen atoms in total. The van der Waals surface area contributed by atoms with Gasteiger partial charge in [0.2, 0.25) is 15.9 Å². The van der Waals surface area contributed by atoms with Gasteiger partial charge in [-0.2, -0.15) is 0 Å². The van der Waals surface area contributed by atoms with E-state index in [1.54, 1.807) is 61.8 Å². The van der Waals surface area contributed by atoms with Crippen LogP contribution in [0.4, 0.5) is 0 Å². The largest absolute Gasteiger partial charge is 0.497 e. The first kappa shape index (κ1) is 23.5. The molecule has 0 atom stereocenters. The Morgan fingerprint density at radius 3 is 2.28 bits per heavy atom. The summed E-state index contributed by atoms with van der Waals surface area (Å²) in [6, 6.07) is 16.7. The fourth-order valence-electron chi connectivity index (χ4n) is 2.72.